The van der Waals surface area contributed by atoms with Gasteiger partial charge in [-0.2, -0.15) is 0 Å². The summed E-state index contributed by atoms with van der Waals surface area (Å²) < 4.78 is 0. The van der Waals surface area contributed by atoms with Crippen LogP contribution in [0.2, 0.25) is 5.02 Å². The van der Waals surface area contributed by atoms with Crippen LogP contribution in [0.15, 0.2) is 46.7 Å². The summed E-state index contributed by atoms with van der Waals surface area (Å²) >= 11 is 9.50. The van der Waals surface area contributed by atoms with E-state index >= 15 is 0 Å². The van der Waals surface area contributed by atoms with Crippen molar-refractivity contribution >= 4 is 46.7 Å². The van der Waals surface area contributed by atoms with Crippen LogP contribution in [-0.4, -0.2) is 11.7 Å². The Kier molecular flexibility index (Phi) is 4.68. The van der Waals surface area contributed by atoms with Crippen LogP contribution >= 0.6 is 34.7 Å². The number of hydrogen-bond acceptors (Lipinski definition) is 3. The quantitative estimate of drug-likeness (QED) is 0.819. The molecule has 0 aliphatic carbocycles. The molecular weight excluding hydrogens is 322 g/mol. The summed E-state index contributed by atoms with van der Waals surface area (Å²) in [6.07, 6.45) is 4.37. The fraction of sp³-hybridized carbons (Fsp3) is 0.188. The minimum Gasteiger partial charge on any atom is -0.346 e. The van der Waals surface area contributed by atoms with E-state index in [9.17, 15) is 4.79 Å². The van der Waals surface area contributed by atoms with Gasteiger partial charge in [-0.3, -0.25) is 4.79 Å². The van der Waals surface area contributed by atoms with Crippen molar-refractivity contribution in [3.05, 3.63) is 57.3 Å². The molecule has 0 spiro atoms. The number of amides is 1. The zero-order valence-electron chi connectivity index (χ0n) is 11.2. The van der Waals surface area contributed by atoms with Gasteiger partial charge in [0.15, 0.2) is 0 Å². The average Bonchev–Trinajstić information content (AvgIpc) is 2.99. The van der Waals surface area contributed by atoms with E-state index in [1.54, 1.807) is 17.4 Å². The fourth-order valence-corrected chi connectivity index (χ4v) is 4.18. The Bertz CT molecular complexity index is 667. The van der Waals surface area contributed by atoms with Gasteiger partial charge in [0, 0.05) is 26.6 Å². The Labute approximate surface area is 137 Å². The van der Waals surface area contributed by atoms with Gasteiger partial charge in [-0.15, -0.1) is 23.1 Å². The Hall–Kier alpha value is -1.23. The first-order valence-electron chi connectivity index (χ1n) is 6.67. The summed E-state index contributed by atoms with van der Waals surface area (Å²) in [5.74, 6) is 0.944. The lowest BCUT2D eigenvalue weighted by molar-refractivity contribution is -0.117. The standard InChI is InChI=1S/C16H14ClNOS2/c17-11-3-5-15-13(10-11)14(7-9-21-15)18-16(19)6-4-12-2-1-8-20-12/h1-6,8,10,14H,7,9H2,(H,18,19)/b6-4+. The highest BCUT2D eigenvalue weighted by Gasteiger charge is 2.21. The molecule has 1 N–H and O–H groups in total. The van der Waals surface area contributed by atoms with Crippen molar-refractivity contribution in [3.8, 4) is 0 Å². The third kappa shape index (κ3) is 3.70. The van der Waals surface area contributed by atoms with Gasteiger partial charge in [0.2, 0.25) is 5.91 Å². The van der Waals surface area contributed by atoms with E-state index in [4.69, 9.17) is 11.6 Å². The smallest absolute Gasteiger partial charge is 0.244 e. The molecule has 1 unspecified atom stereocenters. The lowest BCUT2D eigenvalue weighted by atomic mass is 10.0. The van der Waals surface area contributed by atoms with Crippen molar-refractivity contribution in [3.63, 3.8) is 0 Å². The number of halogens is 1. The Balaban J connectivity index is 1.71. The van der Waals surface area contributed by atoms with Crippen LogP contribution in [0.25, 0.3) is 6.08 Å². The Morgan fingerprint density at radius 1 is 1.38 bits per heavy atom. The van der Waals surface area contributed by atoms with Crippen LogP contribution in [0.1, 0.15) is 22.9 Å². The topological polar surface area (TPSA) is 29.1 Å². The number of thioether (sulfide) groups is 1. The van der Waals surface area contributed by atoms with Gasteiger partial charge in [-0.1, -0.05) is 17.7 Å². The van der Waals surface area contributed by atoms with Crippen LogP contribution in [0, 0.1) is 0 Å². The predicted octanol–water partition coefficient (Wildman–Crippen LogP) is 4.77. The van der Waals surface area contributed by atoms with Gasteiger partial charge in [-0.05, 0) is 47.7 Å². The zero-order valence-corrected chi connectivity index (χ0v) is 13.6. The number of nitrogens with one attached hydrogen (secondary N) is 1. The van der Waals surface area contributed by atoms with Gasteiger partial charge in [-0.25, -0.2) is 0 Å². The van der Waals surface area contributed by atoms with Gasteiger partial charge in [0.05, 0.1) is 6.04 Å². The highest BCUT2D eigenvalue weighted by molar-refractivity contribution is 7.99. The van der Waals surface area contributed by atoms with Crippen molar-refractivity contribution in [2.45, 2.75) is 17.4 Å². The molecule has 1 aromatic heterocycles. The molecule has 3 rings (SSSR count). The van der Waals surface area contributed by atoms with Crippen LogP contribution in [0.5, 0.6) is 0 Å². The molecule has 1 amide bonds. The molecular formula is C16H14ClNOS2. The lowest BCUT2D eigenvalue weighted by Crippen LogP contribution is -2.29. The van der Waals surface area contributed by atoms with E-state index in [0.717, 1.165) is 22.6 Å². The summed E-state index contributed by atoms with van der Waals surface area (Å²) in [6.45, 7) is 0. The second-order valence-corrected chi connectivity index (χ2v) is 7.28. The van der Waals surface area contributed by atoms with Crippen molar-refractivity contribution < 1.29 is 4.79 Å². The number of rotatable bonds is 3. The van der Waals surface area contributed by atoms with Crippen molar-refractivity contribution in [1.29, 1.82) is 0 Å². The average molecular weight is 336 g/mol. The minimum atomic E-state index is -0.0637. The van der Waals surface area contributed by atoms with Gasteiger partial charge >= 0.3 is 0 Å². The molecule has 0 saturated carbocycles. The first-order chi connectivity index (χ1) is 10.2. The predicted molar refractivity (Wildman–Crippen MR) is 91.0 cm³/mol. The SMILES string of the molecule is O=C(/C=C/c1cccs1)NC1CCSc2ccc(Cl)cc21. The summed E-state index contributed by atoms with van der Waals surface area (Å²) in [4.78, 5) is 14.4. The maximum absolute atomic E-state index is 12.1. The molecule has 2 aromatic rings. The third-order valence-electron chi connectivity index (χ3n) is 3.27. The van der Waals surface area contributed by atoms with Crippen LogP contribution in [0.3, 0.4) is 0 Å². The molecule has 1 aliphatic heterocycles. The maximum atomic E-state index is 12.1. The first kappa shape index (κ1) is 14.7. The number of carbonyl (C=O) groups excluding carboxylic acids is 1. The van der Waals surface area contributed by atoms with Crippen molar-refractivity contribution in [1.82, 2.24) is 5.32 Å². The second-order valence-electron chi connectivity index (χ2n) is 4.73. The second kappa shape index (κ2) is 6.69. The van der Waals surface area contributed by atoms with E-state index in [2.05, 4.69) is 5.32 Å². The summed E-state index contributed by atoms with van der Waals surface area (Å²) in [5, 5.41) is 5.78. The first-order valence-corrected chi connectivity index (χ1v) is 8.91. The molecule has 1 atom stereocenters. The van der Waals surface area contributed by atoms with E-state index in [-0.39, 0.29) is 11.9 Å². The van der Waals surface area contributed by atoms with E-state index in [1.165, 1.54) is 4.90 Å². The molecule has 0 radical (unpaired) electrons. The van der Waals surface area contributed by atoms with E-state index in [0.29, 0.717) is 5.02 Å². The lowest BCUT2D eigenvalue weighted by Gasteiger charge is -2.25. The molecule has 1 aliphatic rings. The van der Waals surface area contributed by atoms with E-state index in [1.807, 2.05) is 53.5 Å². The molecule has 2 nitrogen and oxygen atoms in total. The summed E-state index contributed by atoms with van der Waals surface area (Å²) in [7, 11) is 0. The molecule has 21 heavy (non-hydrogen) atoms. The summed E-state index contributed by atoms with van der Waals surface area (Å²) in [5.41, 5.74) is 1.12. The molecule has 2 heterocycles. The van der Waals surface area contributed by atoms with Crippen molar-refractivity contribution in [2.75, 3.05) is 5.75 Å². The molecule has 0 fully saturated rings. The van der Waals surface area contributed by atoms with Crippen LogP contribution in [0.4, 0.5) is 0 Å². The van der Waals surface area contributed by atoms with Gasteiger partial charge in [0.1, 0.15) is 0 Å². The van der Waals surface area contributed by atoms with Gasteiger partial charge < -0.3 is 5.32 Å². The molecule has 1 aromatic carbocycles. The van der Waals surface area contributed by atoms with E-state index < -0.39 is 0 Å². The third-order valence-corrected chi connectivity index (χ3v) is 5.47. The number of thiophene rings is 1. The number of carbonyl (C=O) groups is 1. The number of benzene rings is 1. The normalized spacial score (nSPS) is 17.7. The fourth-order valence-electron chi connectivity index (χ4n) is 2.28. The highest BCUT2D eigenvalue weighted by Crippen LogP contribution is 2.37. The van der Waals surface area contributed by atoms with Crippen molar-refractivity contribution in [2.24, 2.45) is 0 Å². The minimum absolute atomic E-state index is 0.0421. The van der Waals surface area contributed by atoms with Gasteiger partial charge in [0.25, 0.3) is 0 Å². The molecule has 5 heteroatoms. The Morgan fingerprint density at radius 2 is 2.29 bits per heavy atom. The molecule has 0 saturated heterocycles. The maximum Gasteiger partial charge on any atom is 0.244 e. The Morgan fingerprint density at radius 3 is 3.10 bits per heavy atom. The largest absolute Gasteiger partial charge is 0.346 e. The molecule has 0 bridgehead atoms. The zero-order chi connectivity index (χ0) is 14.7. The number of fused-ring (bicyclic) bond motifs is 1. The highest BCUT2D eigenvalue weighted by atomic mass is 35.5. The number of hydrogen-bond donors (Lipinski definition) is 1. The monoisotopic (exact) mass is 335 g/mol. The van der Waals surface area contributed by atoms with Crippen LogP contribution in [-0.2, 0) is 4.79 Å². The summed E-state index contributed by atoms with van der Waals surface area (Å²) in [6, 6.07) is 9.88. The van der Waals surface area contributed by atoms with Crippen LogP contribution < -0.4 is 5.32 Å². The molecule has 108 valence electrons.